The Morgan fingerprint density at radius 2 is 1.76 bits per heavy atom. The molecule has 37 heavy (non-hydrogen) atoms. The average molecular weight is 512 g/mol. The number of rotatable bonds is 8. The Labute approximate surface area is 212 Å². The van der Waals surface area contributed by atoms with Crippen molar-refractivity contribution >= 4 is 17.5 Å². The van der Waals surface area contributed by atoms with Crippen molar-refractivity contribution in [3.05, 3.63) is 93.4 Å². The van der Waals surface area contributed by atoms with Gasteiger partial charge in [0.05, 0.1) is 13.7 Å². The van der Waals surface area contributed by atoms with Gasteiger partial charge in [0.1, 0.15) is 29.1 Å². The summed E-state index contributed by atoms with van der Waals surface area (Å²) in [6.07, 6.45) is 1.56. The van der Waals surface area contributed by atoms with Crippen LogP contribution in [0.25, 0.3) is 0 Å². The first-order valence-corrected chi connectivity index (χ1v) is 11.7. The van der Waals surface area contributed by atoms with Gasteiger partial charge in [-0.15, -0.1) is 0 Å². The number of halogens is 2. The van der Waals surface area contributed by atoms with Gasteiger partial charge in [-0.1, -0.05) is 17.7 Å². The number of hydrogen-bond acceptors (Lipinski definition) is 5. The summed E-state index contributed by atoms with van der Waals surface area (Å²) >= 11 is 0. The second-order valence-electron chi connectivity index (χ2n) is 8.76. The van der Waals surface area contributed by atoms with Crippen LogP contribution in [-0.2, 0) is 16.1 Å². The third-order valence-electron chi connectivity index (χ3n) is 6.40. The molecule has 2 heterocycles. The highest BCUT2D eigenvalue weighted by Gasteiger charge is 2.46. The van der Waals surface area contributed by atoms with Crippen LogP contribution in [0.4, 0.5) is 14.5 Å². The average Bonchev–Trinajstić information content (AvgIpc) is 3.18. The smallest absolute Gasteiger partial charge is 0.274 e. The number of aryl methyl sites for hydroxylation is 1. The Morgan fingerprint density at radius 1 is 1.08 bits per heavy atom. The van der Waals surface area contributed by atoms with Crippen molar-refractivity contribution in [2.24, 2.45) is 0 Å². The Kier molecular flexibility index (Phi) is 7.68. The van der Waals surface area contributed by atoms with Gasteiger partial charge in [-0.25, -0.2) is 8.78 Å². The summed E-state index contributed by atoms with van der Waals surface area (Å²) in [7, 11) is 2.78. The maximum atomic E-state index is 15.1. The van der Waals surface area contributed by atoms with Crippen LogP contribution in [0.3, 0.4) is 0 Å². The third-order valence-corrected chi connectivity index (χ3v) is 6.40. The lowest BCUT2D eigenvalue weighted by molar-refractivity contribution is -0.118. The molecule has 10 heteroatoms. The molecule has 3 aromatic rings. The molecule has 2 aromatic carbocycles. The lowest BCUT2D eigenvalue weighted by atomic mass is 9.92. The number of nitrogens with one attached hydrogen (secondary N) is 1. The summed E-state index contributed by atoms with van der Waals surface area (Å²) in [6, 6.07) is 10.4. The number of ether oxygens (including phenoxy) is 2. The number of nitrogens with zero attached hydrogens (tertiary/aromatic N) is 2. The molecule has 0 aliphatic carbocycles. The van der Waals surface area contributed by atoms with E-state index in [4.69, 9.17) is 9.47 Å². The van der Waals surface area contributed by atoms with Gasteiger partial charge in [0, 0.05) is 55.6 Å². The molecule has 0 radical (unpaired) electrons. The quantitative estimate of drug-likeness (QED) is 0.502. The van der Waals surface area contributed by atoms with E-state index in [9.17, 15) is 14.4 Å². The van der Waals surface area contributed by atoms with Crippen LogP contribution in [-0.4, -0.2) is 49.8 Å². The summed E-state index contributed by atoms with van der Waals surface area (Å²) in [4.78, 5) is 40.9. The van der Waals surface area contributed by atoms with E-state index in [1.54, 1.807) is 36.5 Å². The molecule has 0 bridgehead atoms. The highest BCUT2D eigenvalue weighted by Crippen LogP contribution is 2.35. The molecule has 0 unspecified atom stereocenters. The monoisotopic (exact) mass is 511 g/mol. The molecule has 4 rings (SSSR count). The highest BCUT2D eigenvalue weighted by atomic mass is 19.1. The highest BCUT2D eigenvalue weighted by molar-refractivity contribution is 6.05. The SMILES string of the molecule is COCCn1cccc(N2C[C@@H](c3c(F)cc(OC)cc3F)[C@H](NC(=O)c3ccc(C)cc3)C2=O)c1=O. The Bertz CT molecular complexity index is 1350. The number of aromatic nitrogens is 1. The number of amides is 2. The minimum atomic E-state index is -1.32. The fraction of sp³-hybridized carbons (Fsp3) is 0.296. The molecule has 2 amide bonds. The summed E-state index contributed by atoms with van der Waals surface area (Å²) in [5.74, 6) is -4.20. The van der Waals surface area contributed by atoms with Gasteiger partial charge in [0.25, 0.3) is 11.5 Å². The van der Waals surface area contributed by atoms with Gasteiger partial charge >= 0.3 is 0 Å². The molecule has 0 spiro atoms. The lowest BCUT2D eigenvalue weighted by Gasteiger charge is -2.20. The first-order chi connectivity index (χ1) is 17.7. The zero-order valence-electron chi connectivity index (χ0n) is 20.7. The summed E-state index contributed by atoms with van der Waals surface area (Å²) in [5, 5.41) is 2.64. The Morgan fingerprint density at radius 3 is 2.38 bits per heavy atom. The molecular weight excluding hydrogens is 484 g/mol. The number of pyridine rings is 1. The molecule has 1 aliphatic heterocycles. The molecule has 1 saturated heterocycles. The number of carbonyl (C=O) groups is 2. The van der Waals surface area contributed by atoms with Crippen molar-refractivity contribution in [2.75, 3.05) is 32.3 Å². The fourth-order valence-corrected chi connectivity index (χ4v) is 4.43. The number of carbonyl (C=O) groups excluding carboxylic acids is 2. The van der Waals surface area contributed by atoms with E-state index < -0.39 is 41.0 Å². The normalized spacial score (nSPS) is 17.2. The Balaban J connectivity index is 1.75. The topological polar surface area (TPSA) is 89.9 Å². The first-order valence-electron chi connectivity index (χ1n) is 11.7. The molecule has 2 atom stereocenters. The van der Waals surface area contributed by atoms with Gasteiger partial charge in [-0.2, -0.15) is 0 Å². The van der Waals surface area contributed by atoms with Crippen LogP contribution >= 0.6 is 0 Å². The van der Waals surface area contributed by atoms with Crippen molar-refractivity contribution in [3.8, 4) is 5.75 Å². The van der Waals surface area contributed by atoms with E-state index in [1.165, 1.54) is 29.8 Å². The van der Waals surface area contributed by atoms with Crippen LogP contribution < -0.4 is 20.5 Å². The molecule has 1 N–H and O–H groups in total. The van der Waals surface area contributed by atoms with Gasteiger partial charge in [-0.05, 0) is 31.2 Å². The van der Waals surface area contributed by atoms with Crippen molar-refractivity contribution in [2.45, 2.75) is 25.4 Å². The van der Waals surface area contributed by atoms with Crippen LogP contribution in [0.15, 0.2) is 59.5 Å². The number of methoxy groups -OCH3 is 2. The number of hydrogen-bond donors (Lipinski definition) is 1. The van der Waals surface area contributed by atoms with Crippen LogP contribution in [0.1, 0.15) is 27.4 Å². The van der Waals surface area contributed by atoms with Gasteiger partial charge in [-0.3, -0.25) is 14.4 Å². The van der Waals surface area contributed by atoms with Crippen LogP contribution in [0.5, 0.6) is 5.75 Å². The van der Waals surface area contributed by atoms with E-state index in [0.717, 1.165) is 17.7 Å². The standard InChI is InChI=1S/C27H27F2N3O5/c1-16-6-8-17(9-7-16)25(33)30-24-19(23-20(28)13-18(37-3)14-21(23)29)15-32(27(24)35)22-5-4-10-31(26(22)34)11-12-36-2/h4-10,13-14,19,24H,11-12,15H2,1-3H3,(H,30,33)/t19-,24-/m0/s1. The minimum Gasteiger partial charge on any atom is -0.497 e. The van der Waals surface area contributed by atoms with Gasteiger partial charge in [0.15, 0.2) is 0 Å². The first kappa shape index (κ1) is 26.0. The van der Waals surface area contributed by atoms with E-state index >= 15 is 8.78 Å². The van der Waals surface area contributed by atoms with Gasteiger partial charge < -0.3 is 24.3 Å². The third kappa shape index (κ3) is 5.24. The van der Waals surface area contributed by atoms with Crippen molar-refractivity contribution < 1.29 is 27.8 Å². The number of anilines is 1. The van der Waals surface area contributed by atoms with E-state index in [0.29, 0.717) is 0 Å². The largest absolute Gasteiger partial charge is 0.497 e. The van der Waals surface area contributed by atoms with Crippen molar-refractivity contribution in [1.29, 1.82) is 0 Å². The molecule has 1 aromatic heterocycles. The zero-order chi connectivity index (χ0) is 26.7. The maximum Gasteiger partial charge on any atom is 0.274 e. The second kappa shape index (κ2) is 10.9. The van der Waals surface area contributed by atoms with Crippen LogP contribution in [0.2, 0.25) is 0 Å². The molecule has 194 valence electrons. The molecule has 0 saturated carbocycles. The zero-order valence-corrected chi connectivity index (χ0v) is 20.7. The minimum absolute atomic E-state index is 0.0238. The number of benzene rings is 2. The van der Waals surface area contributed by atoms with Crippen LogP contribution in [0, 0.1) is 18.6 Å². The van der Waals surface area contributed by atoms with E-state index in [1.807, 2.05) is 6.92 Å². The Hall–Kier alpha value is -4.05. The molecular formula is C27H27F2N3O5. The van der Waals surface area contributed by atoms with E-state index in [2.05, 4.69) is 5.32 Å². The lowest BCUT2D eigenvalue weighted by Crippen LogP contribution is -2.44. The fourth-order valence-electron chi connectivity index (χ4n) is 4.43. The summed E-state index contributed by atoms with van der Waals surface area (Å²) in [6.45, 7) is 2.17. The van der Waals surface area contributed by atoms with Gasteiger partial charge in [0.2, 0.25) is 5.91 Å². The predicted molar refractivity (Wildman–Crippen MR) is 133 cm³/mol. The van der Waals surface area contributed by atoms with E-state index in [-0.39, 0.29) is 42.3 Å². The molecule has 1 fully saturated rings. The molecule has 1 aliphatic rings. The van der Waals surface area contributed by atoms with Crippen molar-refractivity contribution in [3.63, 3.8) is 0 Å². The predicted octanol–water partition coefficient (Wildman–Crippen LogP) is 3.02. The van der Waals surface area contributed by atoms with Crippen molar-refractivity contribution in [1.82, 2.24) is 9.88 Å². The molecule has 8 nitrogen and oxygen atoms in total. The summed E-state index contributed by atoms with van der Waals surface area (Å²) in [5.41, 5.74) is 0.422. The maximum absolute atomic E-state index is 15.1. The second-order valence-corrected chi connectivity index (χ2v) is 8.76. The summed E-state index contributed by atoms with van der Waals surface area (Å²) < 4.78 is 41.6.